The van der Waals surface area contributed by atoms with E-state index in [2.05, 4.69) is 34.6 Å². The molecule has 0 saturated carbocycles. The van der Waals surface area contributed by atoms with Gasteiger partial charge in [0.05, 0.1) is 5.60 Å². The summed E-state index contributed by atoms with van der Waals surface area (Å²) in [6, 6.07) is 0. The van der Waals surface area contributed by atoms with Crippen molar-refractivity contribution in [2.75, 3.05) is 7.11 Å². The van der Waals surface area contributed by atoms with Gasteiger partial charge in [-0.2, -0.15) is 0 Å². The zero-order chi connectivity index (χ0) is 11.2. The van der Waals surface area contributed by atoms with E-state index in [1.165, 1.54) is 25.7 Å². The fraction of sp³-hybridized carbons (Fsp3) is 1.00. The quantitative estimate of drug-likeness (QED) is 0.596. The number of methoxy groups -OCH3 is 1. The molecular weight excluding hydrogens is 172 g/mol. The fourth-order valence-corrected chi connectivity index (χ4v) is 1.52. The fourth-order valence-electron chi connectivity index (χ4n) is 1.52. The Balaban J connectivity index is 3.91. The predicted molar refractivity (Wildman–Crippen MR) is 63.6 cm³/mol. The van der Waals surface area contributed by atoms with Crippen molar-refractivity contribution in [3.8, 4) is 0 Å². The maximum Gasteiger partial charge on any atom is 0.0651 e. The molecule has 0 bridgehead atoms. The van der Waals surface area contributed by atoms with Gasteiger partial charge in [-0.25, -0.2) is 0 Å². The molecule has 0 amide bonds. The molecule has 0 aromatic heterocycles. The first kappa shape index (κ1) is 14.0. The van der Waals surface area contributed by atoms with Gasteiger partial charge in [-0.05, 0) is 44.4 Å². The third-order valence-electron chi connectivity index (χ3n) is 2.99. The maximum absolute atomic E-state index is 5.64. The highest BCUT2D eigenvalue weighted by molar-refractivity contribution is 4.75. The van der Waals surface area contributed by atoms with Gasteiger partial charge in [0, 0.05) is 7.11 Å². The lowest BCUT2D eigenvalue weighted by atomic mass is 9.88. The molecule has 1 nitrogen and oxygen atoms in total. The zero-order valence-corrected chi connectivity index (χ0v) is 10.9. The van der Waals surface area contributed by atoms with Crippen molar-refractivity contribution >= 4 is 0 Å². The van der Waals surface area contributed by atoms with Crippen LogP contribution in [0.1, 0.15) is 60.3 Å². The van der Waals surface area contributed by atoms with Gasteiger partial charge in [-0.1, -0.05) is 27.7 Å². The molecule has 0 spiro atoms. The smallest absolute Gasteiger partial charge is 0.0651 e. The van der Waals surface area contributed by atoms with Crippen molar-refractivity contribution in [3.63, 3.8) is 0 Å². The molecule has 86 valence electrons. The second-order valence-corrected chi connectivity index (χ2v) is 5.52. The molecule has 0 aliphatic carbocycles. The first-order valence-electron chi connectivity index (χ1n) is 5.95. The lowest BCUT2D eigenvalue weighted by molar-refractivity contribution is -0.0157. The molecule has 0 aromatic carbocycles. The molecule has 0 atom stereocenters. The lowest BCUT2D eigenvalue weighted by Gasteiger charge is -2.29. The van der Waals surface area contributed by atoms with E-state index in [0.29, 0.717) is 0 Å². The minimum atomic E-state index is 0.106. The molecule has 0 rings (SSSR count). The Morgan fingerprint density at radius 2 is 1.29 bits per heavy atom. The average molecular weight is 200 g/mol. The molecular formula is C13H28O. The summed E-state index contributed by atoms with van der Waals surface area (Å²) in [6.45, 7) is 11.4. The summed E-state index contributed by atoms with van der Waals surface area (Å²) < 4.78 is 5.64. The molecule has 0 aliphatic heterocycles. The van der Waals surface area contributed by atoms with Crippen LogP contribution in [0.25, 0.3) is 0 Å². The third kappa shape index (κ3) is 6.42. The van der Waals surface area contributed by atoms with Crippen LogP contribution in [0.3, 0.4) is 0 Å². The van der Waals surface area contributed by atoms with Crippen LogP contribution in [0.2, 0.25) is 0 Å². The minimum absolute atomic E-state index is 0.106. The van der Waals surface area contributed by atoms with Gasteiger partial charge in [0.15, 0.2) is 0 Å². The molecule has 0 heterocycles. The van der Waals surface area contributed by atoms with Crippen molar-refractivity contribution in [1.82, 2.24) is 0 Å². The van der Waals surface area contributed by atoms with Crippen LogP contribution in [0.15, 0.2) is 0 Å². The molecule has 0 aromatic rings. The largest absolute Gasteiger partial charge is 0.379 e. The summed E-state index contributed by atoms with van der Waals surface area (Å²) >= 11 is 0. The molecule has 1 heteroatoms. The summed E-state index contributed by atoms with van der Waals surface area (Å²) in [7, 11) is 1.85. The highest BCUT2D eigenvalue weighted by Crippen LogP contribution is 2.26. The van der Waals surface area contributed by atoms with E-state index in [4.69, 9.17) is 4.74 Å². The molecule has 14 heavy (non-hydrogen) atoms. The topological polar surface area (TPSA) is 9.23 Å². The minimum Gasteiger partial charge on any atom is -0.379 e. The second-order valence-electron chi connectivity index (χ2n) is 5.52. The van der Waals surface area contributed by atoms with E-state index < -0.39 is 0 Å². The number of hydrogen-bond donors (Lipinski definition) is 0. The van der Waals surface area contributed by atoms with Crippen LogP contribution in [0.4, 0.5) is 0 Å². The molecule has 0 radical (unpaired) electrons. The van der Waals surface area contributed by atoms with Crippen LogP contribution in [-0.2, 0) is 4.74 Å². The molecule has 0 unspecified atom stereocenters. The van der Waals surface area contributed by atoms with Crippen molar-refractivity contribution in [3.05, 3.63) is 0 Å². The molecule has 0 saturated heterocycles. The van der Waals surface area contributed by atoms with E-state index in [9.17, 15) is 0 Å². The van der Waals surface area contributed by atoms with Gasteiger partial charge >= 0.3 is 0 Å². The van der Waals surface area contributed by atoms with E-state index in [1.54, 1.807) is 0 Å². The Bertz CT molecular complexity index is 126. The normalized spacial score (nSPS) is 12.9. The van der Waals surface area contributed by atoms with Gasteiger partial charge in [0.25, 0.3) is 0 Å². The molecule has 0 fully saturated rings. The van der Waals surface area contributed by atoms with Crippen LogP contribution in [0.5, 0.6) is 0 Å². The standard InChI is InChI=1S/C13H28O/c1-11(2)7-9-13(5,14-6)10-8-12(3)4/h11-12H,7-10H2,1-6H3. The Morgan fingerprint density at radius 3 is 1.50 bits per heavy atom. The van der Waals surface area contributed by atoms with Gasteiger partial charge in [0.2, 0.25) is 0 Å². The van der Waals surface area contributed by atoms with Crippen molar-refractivity contribution < 1.29 is 4.74 Å². The van der Waals surface area contributed by atoms with Crippen LogP contribution < -0.4 is 0 Å². The van der Waals surface area contributed by atoms with E-state index in [0.717, 1.165) is 11.8 Å². The monoisotopic (exact) mass is 200 g/mol. The van der Waals surface area contributed by atoms with Gasteiger partial charge in [-0.3, -0.25) is 0 Å². The van der Waals surface area contributed by atoms with Gasteiger partial charge in [-0.15, -0.1) is 0 Å². The second kappa shape index (κ2) is 6.44. The third-order valence-corrected chi connectivity index (χ3v) is 2.99. The Labute approximate surface area is 90.2 Å². The average Bonchev–Trinajstić information content (AvgIpc) is 2.11. The van der Waals surface area contributed by atoms with E-state index in [1.807, 2.05) is 7.11 Å². The highest BCUT2D eigenvalue weighted by atomic mass is 16.5. The number of hydrogen-bond acceptors (Lipinski definition) is 1. The SMILES string of the molecule is COC(C)(CCC(C)C)CCC(C)C. The number of rotatable bonds is 7. The maximum atomic E-state index is 5.64. The van der Waals surface area contributed by atoms with Crippen molar-refractivity contribution in [2.45, 2.75) is 65.9 Å². The first-order valence-corrected chi connectivity index (χ1v) is 5.95. The van der Waals surface area contributed by atoms with Crippen molar-refractivity contribution in [1.29, 1.82) is 0 Å². The molecule has 0 N–H and O–H groups in total. The van der Waals surface area contributed by atoms with Crippen LogP contribution >= 0.6 is 0 Å². The summed E-state index contributed by atoms with van der Waals surface area (Å²) in [5, 5.41) is 0. The predicted octanol–water partition coefficient (Wildman–Crippen LogP) is 4.26. The van der Waals surface area contributed by atoms with Gasteiger partial charge in [0.1, 0.15) is 0 Å². The number of ether oxygens (including phenoxy) is 1. The summed E-state index contributed by atoms with van der Waals surface area (Å²) in [4.78, 5) is 0. The molecule has 0 aliphatic rings. The Kier molecular flexibility index (Phi) is 6.43. The lowest BCUT2D eigenvalue weighted by Crippen LogP contribution is -2.28. The Hall–Kier alpha value is -0.0400. The first-order chi connectivity index (χ1) is 6.39. The summed E-state index contributed by atoms with van der Waals surface area (Å²) in [5.41, 5.74) is 0.106. The van der Waals surface area contributed by atoms with E-state index in [-0.39, 0.29) is 5.60 Å². The highest BCUT2D eigenvalue weighted by Gasteiger charge is 2.23. The summed E-state index contributed by atoms with van der Waals surface area (Å²) in [6.07, 6.45) is 4.91. The van der Waals surface area contributed by atoms with Crippen LogP contribution in [0, 0.1) is 11.8 Å². The Morgan fingerprint density at radius 1 is 0.929 bits per heavy atom. The van der Waals surface area contributed by atoms with Crippen molar-refractivity contribution in [2.24, 2.45) is 11.8 Å². The van der Waals surface area contributed by atoms with E-state index >= 15 is 0 Å². The zero-order valence-electron chi connectivity index (χ0n) is 10.9. The van der Waals surface area contributed by atoms with Gasteiger partial charge < -0.3 is 4.74 Å². The summed E-state index contributed by atoms with van der Waals surface area (Å²) in [5.74, 6) is 1.56. The van der Waals surface area contributed by atoms with Crippen LogP contribution in [-0.4, -0.2) is 12.7 Å².